The number of nitrogens with zero attached hydrogens (tertiary/aromatic N) is 1. The van der Waals surface area contributed by atoms with Crippen molar-refractivity contribution in [1.82, 2.24) is 5.32 Å². The Morgan fingerprint density at radius 2 is 2.25 bits per heavy atom. The van der Waals surface area contributed by atoms with E-state index < -0.39 is 0 Å². The fraction of sp³-hybridized carbons (Fsp3) is 0.500. The number of rotatable bonds is 0. The lowest BCUT2D eigenvalue weighted by Crippen LogP contribution is -2.33. The second kappa shape index (κ2) is 3.38. The van der Waals surface area contributed by atoms with Crippen LogP contribution in [0.25, 0.3) is 0 Å². The van der Waals surface area contributed by atoms with Crippen molar-refractivity contribution >= 4 is 11.7 Å². The van der Waals surface area contributed by atoms with E-state index in [4.69, 9.17) is 5.21 Å². The maximum Gasteiger partial charge on any atom is 0.229 e. The van der Waals surface area contributed by atoms with Crippen LogP contribution in [0, 0.1) is 11.8 Å². The summed E-state index contributed by atoms with van der Waals surface area (Å²) in [4.78, 5) is 11.3. The Kier molecular flexibility index (Phi) is 2.47. The Morgan fingerprint density at radius 3 is 2.83 bits per heavy atom. The Hall–Kier alpha value is -1.32. The molecule has 0 fully saturated rings. The van der Waals surface area contributed by atoms with Gasteiger partial charge in [0.1, 0.15) is 0 Å². The van der Waals surface area contributed by atoms with Gasteiger partial charge in [0.25, 0.3) is 0 Å². The third-order valence-electron chi connectivity index (χ3n) is 2.12. The number of carbonyl (C=O) groups excluding carboxylic acids is 1. The van der Waals surface area contributed by atoms with Crippen molar-refractivity contribution in [2.24, 2.45) is 17.0 Å². The first-order valence-electron chi connectivity index (χ1n) is 3.86. The minimum absolute atomic E-state index is 0.0829. The molecule has 2 unspecified atom stereocenters. The lowest BCUT2D eigenvalue weighted by molar-refractivity contribution is -0.123. The molecule has 0 aromatic heterocycles. The molecule has 0 saturated heterocycles. The lowest BCUT2D eigenvalue weighted by atomic mass is 9.96. The molecular weight excluding hydrogens is 156 g/mol. The maximum absolute atomic E-state index is 11.3. The molecule has 1 aliphatic rings. The highest BCUT2D eigenvalue weighted by Crippen LogP contribution is 2.14. The van der Waals surface area contributed by atoms with Gasteiger partial charge in [-0.1, -0.05) is 25.1 Å². The van der Waals surface area contributed by atoms with Crippen LogP contribution in [0.4, 0.5) is 0 Å². The quantitative estimate of drug-likeness (QED) is 0.414. The van der Waals surface area contributed by atoms with Crippen molar-refractivity contribution in [1.29, 1.82) is 0 Å². The van der Waals surface area contributed by atoms with Crippen LogP contribution in [0.15, 0.2) is 17.3 Å². The molecule has 1 aliphatic heterocycles. The van der Waals surface area contributed by atoms with Gasteiger partial charge in [-0.25, -0.2) is 0 Å². The zero-order valence-corrected chi connectivity index (χ0v) is 7.11. The van der Waals surface area contributed by atoms with Crippen molar-refractivity contribution in [2.45, 2.75) is 13.8 Å². The van der Waals surface area contributed by atoms with E-state index in [1.54, 1.807) is 6.08 Å². The Bertz CT molecular complexity index is 245. The number of allylic oxidation sites excluding steroid dienone is 1. The van der Waals surface area contributed by atoms with Crippen LogP contribution >= 0.6 is 0 Å². The molecule has 4 heteroatoms. The fourth-order valence-corrected chi connectivity index (χ4v) is 0.988. The minimum Gasteiger partial charge on any atom is -0.409 e. The first kappa shape index (κ1) is 8.77. The molecule has 1 amide bonds. The van der Waals surface area contributed by atoms with Crippen molar-refractivity contribution in [3.63, 3.8) is 0 Å². The Balaban J connectivity index is 2.86. The molecule has 0 spiro atoms. The molecule has 2 N–H and O–H groups in total. The molecule has 0 aromatic rings. The van der Waals surface area contributed by atoms with E-state index >= 15 is 0 Å². The third-order valence-corrected chi connectivity index (χ3v) is 2.12. The van der Waals surface area contributed by atoms with Gasteiger partial charge in [-0.15, -0.1) is 0 Å². The molecule has 0 saturated carbocycles. The predicted octanol–water partition coefficient (Wildman–Crippen LogP) is 0.732. The van der Waals surface area contributed by atoms with E-state index in [1.165, 1.54) is 0 Å². The van der Waals surface area contributed by atoms with Crippen molar-refractivity contribution in [3.8, 4) is 0 Å². The lowest BCUT2D eigenvalue weighted by Gasteiger charge is -2.11. The second-order valence-electron chi connectivity index (χ2n) is 2.98. The molecule has 4 nitrogen and oxygen atoms in total. The van der Waals surface area contributed by atoms with E-state index in [0.717, 1.165) is 0 Å². The van der Waals surface area contributed by atoms with E-state index in [2.05, 4.69) is 10.5 Å². The highest BCUT2D eigenvalue weighted by atomic mass is 16.4. The summed E-state index contributed by atoms with van der Waals surface area (Å²) in [7, 11) is 0. The van der Waals surface area contributed by atoms with Crippen LogP contribution in [0.3, 0.4) is 0 Å². The first-order valence-corrected chi connectivity index (χ1v) is 3.86. The normalized spacial score (nSPS) is 33.2. The highest BCUT2D eigenvalue weighted by Gasteiger charge is 2.21. The second-order valence-corrected chi connectivity index (χ2v) is 2.98. The van der Waals surface area contributed by atoms with Crippen LogP contribution in [-0.4, -0.2) is 17.0 Å². The highest BCUT2D eigenvalue weighted by molar-refractivity contribution is 6.05. The molecule has 66 valence electrons. The van der Waals surface area contributed by atoms with Crippen LogP contribution in [0.1, 0.15) is 13.8 Å². The number of nitrogens with one attached hydrogen (secondary N) is 1. The van der Waals surface area contributed by atoms with E-state index in [9.17, 15) is 4.79 Å². The van der Waals surface area contributed by atoms with Crippen molar-refractivity contribution in [3.05, 3.63) is 12.2 Å². The zero-order valence-electron chi connectivity index (χ0n) is 7.11. The van der Waals surface area contributed by atoms with Crippen molar-refractivity contribution < 1.29 is 10.0 Å². The molecule has 0 aliphatic carbocycles. The van der Waals surface area contributed by atoms with Gasteiger partial charge in [0.2, 0.25) is 5.91 Å². The molecular formula is C8H12N2O2. The molecule has 1 heterocycles. The first-order chi connectivity index (χ1) is 5.65. The van der Waals surface area contributed by atoms with Gasteiger partial charge < -0.3 is 10.5 Å². The van der Waals surface area contributed by atoms with Crippen molar-refractivity contribution in [2.75, 3.05) is 0 Å². The minimum atomic E-state index is -0.111. The summed E-state index contributed by atoms with van der Waals surface area (Å²) < 4.78 is 0. The topological polar surface area (TPSA) is 61.7 Å². The van der Waals surface area contributed by atoms with Crippen LogP contribution in [0.5, 0.6) is 0 Å². The standard InChI is InChI=1S/C8H12N2O2/c1-5-3-4-7(10-12)9-8(11)6(5)2/h3-6,12H,1-2H3,(H,9,10,11). The average Bonchev–Trinajstić information content (AvgIpc) is 2.19. The van der Waals surface area contributed by atoms with Crippen LogP contribution in [0.2, 0.25) is 0 Å². The smallest absolute Gasteiger partial charge is 0.229 e. The van der Waals surface area contributed by atoms with Gasteiger partial charge in [-0.3, -0.25) is 4.79 Å². The SMILES string of the molecule is CC1C=CC(=NO)NC(=O)C1C. The van der Waals surface area contributed by atoms with Gasteiger partial charge in [-0.2, -0.15) is 0 Å². The number of oxime groups is 1. The Morgan fingerprint density at radius 1 is 1.58 bits per heavy atom. The summed E-state index contributed by atoms with van der Waals surface area (Å²) in [6.07, 6.45) is 3.45. The van der Waals surface area contributed by atoms with Crippen LogP contribution < -0.4 is 5.32 Å². The van der Waals surface area contributed by atoms with Gasteiger partial charge in [0.15, 0.2) is 5.84 Å². The number of amidine groups is 1. The molecule has 1 rings (SSSR count). The Labute approximate surface area is 71.0 Å². The summed E-state index contributed by atoms with van der Waals surface area (Å²) in [6.45, 7) is 3.78. The van der Waals surface area contributed by atoms with Crippen LogP contribution in [-0.2, 0) is 4.79 Å². The summed E-state index contributed by atoms with van der Waals surface area (Å²) in [5, 5.41) is 13.8. The summed E-state index contributed by atoms with van der Waals surface area (Å²) in [6, 6.07) is 0. The number of carbonyl (C=O) groups is 1. The van der Waals surface area contributed by atoms with Gasteiger partial charge >= 0.3 is 0 Å². The van der Waals surface area contributed by atoms with E-state index in [0.29, 0.717) is 0 Å². The van der Waals surface area contributed by atoms with Gasteiger partial charge in [0.05, 0.1) is 0 Å². The largest absolute Gasteiger partial charge is 0.409 e. The molecule has 0 aromatic carbocycles. The monoisotopic (exact) mass is 168 g/mol. The summed E-state index contributed by atoms with van der Waals surface area (Å²) in [5.74, 6) is 0.182. The predicted molar refractivity (Wildman–Crippen MR) is 44.8 cm³/mol. The molecule has 0 bridgehead atoms. The molecule has 2 atom stereocenters. The van der Waals surface area contributed by atoms with E-state index in [1.807, 2.05) is 19.9 Å². The molecule has 12 heavy (non-hydrogen) atoms. The maximum atomic E-state index is 11.3. The molecule has 0 radical (unpaired) electrons. The summed E-state index contributed by atoms with van der Waals surface area (Å²) >= 11 is 0. The van der Waals surface area contributed by atoms with Gasteiger partial charge in [0, 0.05) is 5.92 Å². The number of hydrogen-bond acceptors (Lipinski definition) is 3. The van der Waals surface area contributed by atoms with E-state index in [-0.39, 0.29) is 23.6 Å². The number of hydrogen-bond donors (Lipinski definition) is 2. The third kappa shape index (κ3) is 1.64. The summed E-state index contributed by atoms with van der Waals surface area (Å²) in [5.41, 5.74) is 0. The van der Waals surface area contributed by atoms with Gasteiger partial charge in [-0.05, 0) is 12.0 Å². The fourth-order valence-electron chi connectivity index (χ4n) is 0.988. The average molecular weight is 168 g/mol. The zero-order chi connectivity index (χ0) is 9.14. The number of amides is 1.